The van der Waals surface area contributed by atoms with Crippen LogP contribution in [0, 0.1) is 12.7 Å². The largest absolute Gasteiger partial charge is 0.350 e. The Kier molecular flexibility index (Phi) is 9.97. The van der Waals surface area contributed by atoms with E-state index in [1.165, 1.54) is 41.3 Å². The highest BCUT2D eigenvalue weighted by Gasteiger charge is 2.33. The fourth-order valence-corrected chi connectivity index (χ4v) is 5.65. The lowest BCUT2D eigenvalue weighted by molar-refractivity contribution is -0.140. The van der Waals surface area contributed by atoms with Crippen LogP contribution in [-0.2, 0) is 26.2 Å². The minimum absolute atomic E-state index is 0.0114. The summed E-state index contributed by atoms with van der Waals surface area (Å²) in [5.74, 6) is -1.15. The van der Waals surface area contributed by atoms with E-state index in [2.05, 4.69) is 5.32 Å². The summed E-state index contributed by atoms with van der Waals surface area (Å²) < 4.78 is 42.6. The number of amides is 2. The van der Waals surface area contributed by atoms with Crippen molar-refractivity contribution < 1.29 is 22.4 Å². The highest BCUT2D eigenvalue weighted by atomic mass is 32.2. The number of nitrogens with one attached hydrogen (secondary N) is 1. The van der Waals surface area contributed by atoms with E-state index in [0.29, 0.717) is 11.3 Å². The summed E-state index contributed by atoms with van der Waals surface area (Å²) in [6.45, 7) is 12.5. The Bertz CT molecular complexity index is 1450. The molecule has 0 bridgehead atoms. The molecule has 1 atom stereocenters. The van der Waals surface area contributed by atoms with Crippen molar-refractivity contribution in [2.24, 2.45) is 0 Å². The molecule has 41 heavy (non-hydrogen) atoms. The molecule has 0 saturated heterocycles. The summed E-state index contributed by atoms with van der Waals surface area (Å²) in [4.78, 5) is 28.5. The first-order chi connectivity index (χ1) is 19.1. The fourth-order valence-electron chi connectivity index (χ4n) is 4.23. The lowest BCUT2D eigenvalue weighted by Crippen LogP contribution is -2.54. The lowest BCUT2D eigenvalue weighted by Gasteiger charge is -2.33. The average molecular weight is 582 g/mol. The van der Waals surface area contributed by atoms with Gasteiger partial charge in [0.1, 0.15) is 18.4 Å². The van der Waals surface area contributed by atoms with Crippen molar-refractivity contribution in [3.8, 4) is 0 Å². The number of hydrogen-bond acceptors (Lipinski definition) is 4. The van der Waals surface area contributed by atoms with E-state index in [1.807, 2.05) is 53.7 Å². The Balaban J connectivity index is 2.05. The Morgan fingerprint density at radius 3 is 1.95 bits per heavy atom. The maximum atomic E-state index is 14.0. The predicted octanol–water partition coefficient (Wildman–Crippen LogP) is 5.78. The Labute approximate surface area is 243 Å². The molecule has 0 heterocycles. The second-order valence-electron chi connectivity index (χ2n) is 11.6. The van der Waals surface area contributed by atoms with Gasteiger partial charge in [0.2, 0.25) is 11.8 Å². The van der Waals surface area contributed by atoms with Crippen LogP contribution in [0.4, 0.5) is 10.1 Å². The molecular formula is C32H40FN3O4S. The summed E-state index contributed by atoms with van der Waals surface area (Å²) in [7, 11) is -4.15. The zero-order valence-corrected chi connectivity index (χ0v) is 25.6. The van der Waals surface area contributed by atoms with Gasteiger partial charge in [0.05, 0.1) is 10.6 Å². The Morgan fingerprint density at radius 1 is 0.878 bits per heavy atom. The van der Waals surface area contributed by atoms with Crippen LogP contribution in [0.25, 0.3) is 0 Å². The van der Waals surface area contributed by atoms with Gasteiger partial charge in [-0.05, 0) is 88.1 Å². The highest BCUT2D eigenvalue weighted by Crippen LogP contribution is 2.27. The van der Waals surface area contributed by atoms with Crippen LogP contribution in [0.5, 0.6) is 0 Å². The van der Waals surface area contributed by atoms with Crippen molar-refractivity contribution >= 4 is 27.5 Å². The third-order valence-electron chi connectivity index (χ3n) is 6.67. The van der Waals surface area contributed by atoms with Crippen LogP contribution in [0.3, 0.4) is 0 Å². The molecule has 0 aliphatic carbocycles. The molecule has 0 unspecified atom stereocenters. The van der Waals surface area contributed by atoms with Crippen molar-refractivity contribution in [3.63, 3.8) is 0 Å². The minimum atomic E-state index is -4.15. The molecule has 3 rings (SSSR count). The van der Waals surface area contributed by atoms with E-state index in [4.69, 9.17) is 0 Å². The molecule has 1 N–H and O–H groups in total. The molecule has 220 valence electrons. The van der Waals surface area contributed by atoms with Crippen LogP contribution in [-0.4, -0.2) is 43.3 Å². The van der Waals surface area contributed by atoms with Gasteiger partial charge < -0.3 is 10.2 Å². The van der Waals surface area contributed by atoms with Gasteiger partial charge in [0.25, 0.3) is 10.0 Å². The molecule has 0 aliphatic rings. The number of halogens is 1. The molecule has 3 aromatic carbocycles. The lowest BCUT2D eigenvalue weighted by atomic mass is 10.0. The van der Waals surface area contributed by atoms with E-state index in [0.717, 1.165) is 15.4 Å². The van der Waals surface area contributed by atoms with Gasteiger partial charge in [-0.3, -0.25) is 13.9 Å². The molecule has 0 spiro atoms. The van der Waals surface area contributed by atoms with Gasteiger partial charge in [-0.1, -0.05) is 55.8 Å². The number of nitrogens with zero attached hydrogens (tertiary/aromatic N) is 2. The van der Waals surface area contributed by atoms with E-state index in [-0.39, 0.29) is 23.3 Å². The fraction of sp³-hybridized carbons (Fsp3) is 0.375. The first kappa shape index (κ1) is 31.8. The molecule has 2 amide bonds. The third kappa shape index (κ3) is 8.39. The zero-order chi connectivity index (χ0) is 30.5. The second kappa shape index (κ2) is 12.9. The molecule has 7 nitrogen and oxygen atoms in total. The predicted molar refractivity (Wildman–Crippen MR) is 161 cm³/mol. The summed E-state index contributed by atoms with van der Waals surface area (Å²) in [6, 6.07) is 18.2. The monoisotopic (exact) mass is 581 g/mol. The van der Waals surface area contributed by atoms with Crippen LogP contribution in [0.15, 0.2) is 77.7 Å². The molecule has 3 aromatic rings. The van der Waals surface area contributed by atoms with Crippen LogP contribution in [0.1, 0.15) is 64.2 Å². The van der Waals surface area contributed by atoms with Crippen molar-refractivity contribution in [1.29, 1.82) is 0 Å². The smallest absolute Gasteiger partial charge is 0.264 e. The number of benzene rings is 3. The molecule has 0 aromatic heterocycles. The van der Waals surface area contributed by atoms with Gasteiger partial charge in [-0.2, -0.15) is 0 Å². The molecule has 9 heteroatoms. The number of carbonyl (C=O) groups is 2. The number of anilines is 1. The summed E-state index contributed by atoms with van der Waals surface area (Å²) in [5.41, 5.74) is 2.31. The van der Waals surface area contributed by atoms with Crippen LogP contribution < -0.4 is 9.62 Å². The molecule has 0 fully saturated rings. The summed E-state index contributed by atoms with van der Waals surface area (Å²) in [6.07, 6.45) is 0. The first-order valence-electron chi connectivity index (χ1n) is 13.6. The van der Waals surface area contributed by atoms with Crippen LogP contribution in [0.2, 0.25) is 0 Å². The van der Waals surface area contributed by atoms with Gasteiger partial charge >= 0.3 is 0 Å². The molecule has 0 saturated carbocycles. The maximum absolute atomic E-state index is 14.0. The normalized spacial score (nSPS) is 12.6. The highest BCUT2D eigenvalue weighted by molar-refractivity contribution is 7.92. The number of hydrogen-bond donors (Lipinski definition) is 1. The van der Waals surface area contributed by atoms with Gasteiger partial charge in [-0.25, -0.2) is 12.8 Å². The number of rotatable bonds is 10. The third-order valence-corrected chi connectivity index (χ3v) is 8.46. The molecule has 0 aliphatic heterocycles. The quantitative estimate of drug-likeness (QED) is 0.329. The van der Waals surface area contributed by atoms with Crippen molar-refractivity contribution in [3.05, 3.63) is 95.3 Å². The summed E-state index contributed by atoms with van der Waals surface area (Å²) >= 11 is 0. The SMILES string of the molecule is Cc1ccc(S(=O)(=O)N(CC(=O)N(Cc2ccc(F)cc2)[C@@H](C)C(=O)NC(C)(C)C)c2ccc(C(C)C)cc2)cc1. The van der Waals surface area contributed by atoms with E-state index < -0.39 is 39.9 Å². The van der Waals surface area contributed by atoms with Crippen molar-refractivity contribution in [2.45, 2.75) is 77.4 Å². The van der Waals surface area contributed by atoms with E-state index in [1.54, 1.807) is 31.2 Å². The first-order valence-corrected chi connectivity index (χ1v) is 15.1. The summed E-state index contributed by atoms with van der Waals surface area (Å²) in [5, 5.41) is 2.89. The van der Waals surface area contributed by atoms with Crippen molar-refractivity contribution in [1.82, 2.24) is 10.2 Å². The van der Waals surface area contributed by atoms with Crippen LogP contribution >= 0.6 is 0 Å². The Morgan fingerprint density at radius 2 is 1.44 bits per heavy atom. The number of carbonyl (C=O) groups excluding carboxylic acids is 2. The van der Waals surface area contributed by atoms with Gasteiger partial charge in [-0.15, -0.1) is 0 Å². The topological polar surface area (TPSA) is 86.8 Å². The maximum Gasteiger partial charge on any atom is 0.264 e. The molecular weight excluding hydrogens is 541 g/mol. The van der Waals surface area contributed by atoms with Gasteiger partial charge in [0, 0.05) is 12.1 Å². The van der Waals surface area contributed by atoms with E-state index in [9.17, 15) is 22.4 Å². The van der Waals surface area contributed by atoms with E-state index >= 15 is 0 Å². The average Bonchev–Trinajstić information content (AvgIpc) is 2.90. The zero-order valence-electron chi connectivity index (χ0n) is 24.8. The number of aryl methyl sites for hydroxylation is 1. The second-order valence-corrected chi connectivity index (χ2v) is 13.5. The minimum Gasteiger partial charge on any atom is -0.350 e. The molecule has 0 radical (unpaired) electrons. The number of sulfonamides is 1. The standard InChI is InChI=1S/C32H40FN3O4S/c1-22(2)26-12-16-28(17-13-26)36(41(39,40)29-18-8-23(3)9-19-29)21-30(37)35(20-25-10-14-27(33)15-11-25)24(4)31(38)34-32(5,6)7/h8-19,22,24H,20-21H2,1-7H3,(H,34,38)/t24-/m0/s1. The van der Waals surface area contributed by atoms with Crippen molar-refractivity contribution in [2.75, 3.05) is 10.8 Å². The van der Waals surface area contributed by atoms with Gasteiger partial charge in [0.15, 0.2) is 0 Å². The Hall–Kier alpha value is -3.72.